The van der Waals surface area contributed by atoms with Gasteiger partial charge in [0.15, 0.2) is 0 Å². The molecule has 1 nitrogen and oxygen atoms in total. The van der Waals surface area contributed by atoms with E-state index in [1.54, 1.807) is 0 Å². The fraction of sp³-hybridized carbons (Fsp3) is 0. The van der Waals surface area contributed by atoms with Crippen LogP contribution in [0.3, 0.4) is 0 Å². The zero-order chi connectivity index (χ0) is 25.1. The molecule has 0 aliphatic rings. The van der Waals surface area contributed by atoms with Crippen LogP contribution in [0.4, 0.5) is 17.1 Å². The molecule has 38 heavy (non-hydrogen) atoms. The SMILES string of the molecule is c1ccc(N(c2ccc3c(c2)[se]c2c4ccccc4ccc32)c2cc3ccccc3c3ccccc23)cc1. The summed E-state index contributed by atoms with van der Waals surface area (Å²) < 4.78 is 2.96. The molecule has 7 aromatic carbocycles. The number of rotatable bonds is 3. The van der Waals surface area contributed by atoms with E-state index in [-0.39, 0.29) is 14.5 Å². The van der Waals surface area contributed by atoms with Crippen LogP contribution in [0.2, 0.25) is 0 Å². The van der Waals surface area contributed by atoms with Gasteiger partial charge < -0.3 is 0 Å². The molecular weight excluding hydrogens is 525 g/mol. The van der Waals surface area contributed by atoms with E-state index in [4.69, 9.17) is 0 Å². The van der Waals surface area contributed by atoms with E-state index >= 15 is 0 Å². The molecule has 0 atom stereocenters. The number of hydrogen-bond acceptors (Lipinski definition) is 1. The Labute approximate surface area is 226 Å². The molecule has 178 valence electrons. The first kappa shape index (κ1) is 21.7. The van der Waals surface area contributed by atoms with Crippen molar-refractivity contribution in [2.24, 2.45) is 0 Å². The van der Waals surface area contributed by atoms with Gasteiger partial charge in [-0.05, 0) is 0 Å². The first-order valence-electron chi connectivity index (χ1n) is 12.9. The number of nitrogens with zero attached hydrogens (tertiary/aromatic N) is 1. The molecule has 0 radical (unpaired) electrons. The van der Waals surface area contributed by atoms with Crippen molar-refractivity contribution in [3.8, 4) is 0 Å². The fourth-order valence-electron chi connectivity index (χ4n) is 5.86. The zero-order valence-corrected chi connectivity index (χ0v) is 22.3. The predicted molar refractivity (Wildman–Crippen MR) is 166 cm³/mol. The van der Waals surface area contributed by atoms with Gasteiger partial charge in [0.2, 0.25) is 0 Å². The Balaban J connectivity index is 1.42. The van der Waals surface area contributed by atoms with E-state index in [1.807, 2.05) is 0 Å². The molecule has 2 heteroatoms. The molecule has 0 fully saturated rings. The van der Waals surface area contributed by atoms with Gasteiger partial charge >= 0.3 is 228 Å². The van der Waals surface area contributed by atoms with Crippen molar-refractivity contribution < 1.29 is 0 Å². The maximum absolute atomic E-state index is 2.44. The number of fused-ring (bicyclic) bond motifs is 8. The van der Waals surface area contributed by atoms with Gasteiger partial charge in [0.25, 0.3) is 0 Å². The summed E-state index contributed by atoms with van der Waals surface area (Å²) in [5.41, 5.74) is 3.58. The van der Waals surface area contributed by atoms with Gasteiger partial charge in [-0.1, -0.05) is 0 Å². The van der Waals surface area contributed by atoms with Crippen LogP contribution in [0, 0.1) is 0 Å². The van der Waals surface area contributed by atoms with E-state index in [0.717, 1.165) is 0 Å². The van der Waals surface area contributed by atoms with Crippen LogP contribution < -0.4 is 4.90 Å². The standard InChI is InChI=1S/C36H23NSe/c1-2-12-26(13-3-1)37(34-22-25-11-5-6-14-28(25)30-16-8-9-17-31(30)34)27-19-21-32-33-20-18-24-10-4-7-15-29(24)36(33)38-35(32)23-27/h1-23H. The van der Waals surface area contributed by atoms with Gasteiger partial charge in [-0.2, -0.15) is 0 Å². The summed E-state index contributed by atoms with van der Waals surface area (Å²) in [6.07, 6.45) is 0. The van der Waals surface area contributed by atoms with Crippen LogP contribution in [-0.4, -0.2) is 14.5 Å². The Bertz CT molecular complexity index is 2140. The summed E-state index contributed by atoms with van der Waals surface area (Å²) in [7, 11) is 0. The topological polar surface area (TPSA) is 3.24 Å². The van der Waals surface area contributed by atoms with Crippen LogP contribution in [0.15, 0.2) is 140 Å². The van der Waals surface area contributed by atoms with Gasteiger partial charge in [0.1, 0.15) is 0 Å². The number of hydrogen-bond donors (Lipinski definition) is 0. The van der Waals surface area contributed by atoms with Gasteiger partial charge in [0, 0.05) is 0 Å². The predicted octanol–water partition coefficient (Wildman–Crippen LogP) is 9.98. The Kier molecular flexibility index (Phi) is 4.91. The summed E-state index contributed by atoms with van der Waals surface area (Å²) >= 11 is 0.259. The molecule has 1 aromatic heterocycles. The van der Waals surface area contributed by atoms with Gasteiger partial charge in [0.05, 0.1) is 0 Å². The fourth-order valence-corrected chi connectivity index (χ4v) is 8.52. The molecule has 0 amide bonds. The van der Waals surface area contributed by atoms with Crippen LogP contribution in [0.5, 0.6) is 0 Å². The molecular formula is C36H23NSe. The van der Waals surface area contributed by atoms with Crippen LogP contribution in [0.25, 0.3) is 51.6 Å². The van der Waals surface area contributed by atoms with Crippen molar-refractivity contribution in [3.63, 3.8) is 0 Å². The molecule has 0 saturated carbocycles. The normalized spacial score (nSPS) is 11.7. The summed E-state index contributed by atoms with van der Waals surface area (Å²) in [5, 5.41) is 10.6. The Hall–Kier alpha value is -4.36. The third kappa shape index (κ3) is 3.32. The molecule has 0 aliphatic heterocycles. The van der Waals surface area contributed by atoms with Gasteiger partial charge in [-0.25, -0.2) is 0 Å². The Morgan fingerprint density at radius 3 is 1.89 bits per heavy atom. The second kappa shape index (κ2) is 8.60. The molecule has 0 unspecified atom stereocenters. The number of anilines is 3. The Morgan fingerprint density at radius 2 is 1.05 bits per heavy atom. The first-order chi connectivity index (χ1) is 18.8. The molecule has 0 N–H and O–H groups in total. The zero-order valence-electron chi connectivity index (χ0n) is 20.6. The number of para-hydroxylation sites is 1. The van der Waals surface area contributed by atoms with Crippen molar-refractivity contribution in [2.45, 2.75) is 0 Å². The van der Waals surface area contributed by atoms with Crippen molar-refractivity contribution in [1.29, 1.82) is 0 Å². The summed E-state index contributed by atoms with van der Waals surface area (Å²) in [6.45, 7) is 0. The van der Waals surface area contributed by atoms with E-state index in [0.29, 0.717) is 0 Å². The Morgan fingerprint density at radius 1 is 0.395 bits per heavy atom. The second-order valence-corrected chi connectivity index (χ2v) is 12.0. The van der Waals surface area contributed by atoms with Gasteiger partial charge in [-0.15, -0.1) is 0 Å². The molecule has 0 spiro atoms. The molecule has 1 heterocycles. The minimum atomic E-state index is 0.259. The second-order valence-electron chi connectivity index (χ2n) is 9.78. The molecule has 0 saturated heterocycles. The molecule has 8 rings (SSSR count). The summed E-state index contributed by atoms with van der Waals surface area (Å²) in [6, 6.07) is 51.1. The first-order valence-corrected chi connectivity index (χ1v) is 14.7. The van der Waals surface area contributed by atoms with Crippen molar-refractivity contribution in [2.75, 3.05) is 4.90 Å². The maximum atomic E-state index is 2.44. The summed E-state index contributed by atoms with van der Waals surface area (Å²) in [4.78, 5) is 2.44. The third-order valence-corrected chi connectivity index (χ3v) is 10.1. The monoisotopic (exact) mass is 549 g/mol. The van der Waals surface area contributed by atoms with Crippen molar-refractivity contribution in [3.05, 3.63) is 140 Å². The average molecular weight is 549 g/mol. The van der Waals surface area contributed by atoms with Crippen LogP contribution in [-0.2, 0) is 0 Å². The van der Waals surface area contributed by atoms with Crippen LogP contribution in [0.1, 0.15) is 0 Å². The molecule has 0 aliphatic carbocycles. The minimum absolute atomic E-state index is 0.259. The van der Waals surface area contributed by atoms with Gasteiger partial charge in [-0.3, -0.25) is 0 Å². The summed E-state index contributed by atoms with van der Waals surface area (Å²) in [5.74, 6) is 0. The average Bonchev–Trinajstić information content (AvgIpc) is 3.36. The van der Waals surface area contributed by atoms with E-state index < -0.39 is 0 Å². The molecule has 0 bridgehead atoms. The van der Waals surface area contributed by atoms with Crippen LogP contribution >= 0.6 is 0 Å². The van der Waals surface area contributed by atoms with E-state index in [1.165, 1.54) is 68.7 Å². The molecule has 8 aromatic rings. The van der Waals surface area contributed by atoms with E-state index in [9.17, 15) is 0 Å². The quantitative estimate of drug-likeness (QED) is 0.157. The number of benzene rings is 7. The van der Waals surface area contributed by atoms with E-state index in [2.05, 4.69) is 144 Å². The third-order valence-electron chi connectivity index (χ3n) is 7.61. The van der Waals surface area contributed by atoms with Crippen molar-refractivity contribution in [1.82, 2.24) is 0 Å². The van der Waals surface area contributed by atoms with Crippen molar-refractivity contribution >= 4 is 83.2 Å².